The molecule has 0 heterocycles. The topological polar surface area (TPSA) is 26.3 Å². The Kier molecular flexibility index (Phi) is 30.0. The summed E-state index contributed by atoms with van der Waals surface area (Å²) in [4.78, 5) is 11.7. The number of rotatable bonds is 29. The van der Waals surface area contributed by atoms with Crippen molar-refractivity contribution in [3.8, 4) is 0 Å². The Morgan fingerprint density at radius 1 is 0.382 bits per heavy atom. The minimum atomic E-state index is 0.0173. The van der Waals surface area contributed by atoms with Crippen LogP contribution in [0.5, 0.6) is 0 Å². The molecule has 0 aliphatic carbocycles. The smallest absolute Gasteiger partial charge is 0.305 e. The molecule has 204 valence electrons. The Hall–Kier alpha value is -0.530. The molecule has 0 fully saturated rings. The molecule has 0 unspecified atom stereocenters. The summed E-state index contributed by atoms with van der Waals surface area (Å²) in [6.45, 7) is 5.15. The van der Waals surface area contributed by atoms with Gasteiger partial charge in [-0.3, -0.25) is 4.79 Å². The number of carbonyl (C=O) groups excluding carboxylic acids is 1. The quantitative estimate of drug-likeness (QED) is 0.0785. The Morgan fingerprint density at radius 2 is 0.647 bits per heavy atom. The lowest BCUT2D eigenvalue weighted by molar-refractivity contribution is -0.143. The van der Waals surface area contributed by atoms with E-state index in [1.54, 1.807) is 0 Å². The first-order chi connectivity index (χ1) is 16.8. The van der Waals surface area contributed by atoms with Crippen LogP contribution in [0.15, 0.2) is 0 Å². The minimum Gasteiger partial charge on any atom is -0.466 e. The van der Waals surface area contributed by atoms with Crippen molar-refractivity contribution < 1.29 is 9.53 Å². The van der Waals surface area contributed by atoms with Crippen LogP contribution in [0.2, 0.25) is 0 Å². The summed E-state index contributed by atoms with van der Waals surface area (Å²) in [6.07, 6.45) is 37.5. The summed E-state index contributed by atoms with van der Waals surface area (Å²) in [5.74, 6) is 0.0173. The first-order valence-corrected chi connectivity index (χ1v) is 16.0. The second-order valence-corrected chi connectivity index (χ2v) is 10.8. The van der Waals surface area contributed by atoms with Gasteiger partial charge in [-0.25, -0.2) is 0 Å². The van der Waals surface area contributed by atoms with Gasteiger partial charge in [0.15, 0.2) is 0 Å². The van der Waals surface area contributed by atoms with Gasteiger partial charge in [0.05, 0.1) is 6.61 Å². The first kappa shape index (κ1) is 33.5. The number of carbonyl (C=O) groups is 1. The van der Waals surface area contributed by atoms with Crippen molar-refractivity contribution >= 4 is 5.97 Å². The number of hydrogen-bond acceptors (Lipinski definition) is 2. The lowest BCUT2D eigenvalue weighted by Gasteiger charge is -2.05. The van der Waals surface area contributed by atoms with Gasteiger partial charge >= 0.3 is 5.97 Å². The van der Waals surface area contributed by atoms with E-state index in [2.05, 4.69) is 13.8 Å². The summed E-state index contributed by atoms with van der Waals surface area (Å²) in [7, 11) is 0. The Labute approximate surface area is 215 Å². The average molecular weight is 481 g/mol. The average Bonchev–Trinajstić information content (AvgIpc) is 2.84. The summed E-state index contributed by atoms with van der Waals surface area (Å²) in [5.41, 5.74) is 0. The highest BCUT2D eigenvalue weighted by atomic mass is 16.5. The molecule has 0 aliphatic rings. The molecule has 0 atom stereocenters. The molecule has 0 saturated heterocycles. The summed E-state index contributed by atoms with van der Waals surface area (Å²) < 4.78 is 5.33. The number of esters is 1. The van der Waals surface area contributed by atoms with Gasteiger partial charge in [-0.2, -0.15) is 0 Å². The molecule has 2 heteroatoms. The molecular formula is C32H64O2. The molecule has 0 aromatic carbocycles. The van der Waals surface area contributed by atoms with Crippen molar-refractivity contribution in [2.75, 3.05) is 6.61 Å². The van der Waals surface area contributed by atoms with Gasteiger partial charge in [0.2, 0.25) is 0 Å². The Balaban J connectivity index is 3.09. The van der Waals surface area contributed by atoms with E-state index in [1.807, 2.05) is 0 Å². The number of unbranched alkanes of at least 4 members (excludes halogenated alkanes) is 25. The van der Waals surface area contributed by atoms with Gasteiger partial charge in [-0.05, 0) is 12.8 Å². The maximum absolute atomic E-state index is 11.7. The van der Waals surface area contributed by atoms with E-state index in [0.717, 1.165) is 12.8 Å². The van der Waals surface area contributed by atoms with Crippen LogP contribution in [-0.2, 0) is 9.53 Å². The van der Waals surface area contributed by atoms with Gasteiger partial charge in [-0.1, -0.05) is 174 Å². The fourth-order valence-corrected chi connectivity index (χ4v) is 4.84. The third kappa shape index (κ3) is 29.5. The molecule has 0 aromatic heterocycles. The van der Waals surface area contributed by atoms with E-state index in [0.29, 0.717) is 13.0 Å². The molecule has 2 nitrogen and oxygen atoms in total. The zero-order valence-corrected chi connectivity index (χ0v) is 23.8. The standard InChI is InChI=1S/C32H64O2/c1-3-5-7-9-10-11-12-13-14-15-16-17-18-19-20-21-22-23-24-25-26-28-30-32(33)34-31-29-27-8-6-4-2/h3-31H2,1-2H3. The molecule has 0 radical (unpaired) electrons. The van der Waals surface area contributed by atoms with Crippen molar-refractivity contribution in [2.45, 2.75) is 194 Å². The van der Waals surface area contributed by atoms with Crippen LogP contribution in [0.4, 0.5) is 0 Å². The third-order valence-electron chi connectivity index (χ3n) is 7.25. The molecule has 0 rings (SSSR count). The highest BCUT2D eigenvalue weighted by molar-refractivity contribution is 5.69. The van der Waals surface area contributed by atoms with E-state index in [4.69, 9.17) is 4.74 Å². The fourth-order valence-electron chi connectivity index (χ4n) is 4.84. The minimum absolute atomic E-state index is 0.0173. The molecular weight excluding hydrogens is 416 g/mol. The molecule has 34 heavy (non-hydrogen) atoms. The predicted molar refractivity (Wildman–Crippen MR) is 152 cm³/mol. The number of ether oxygens (including phenoxy) is 1. The van der Waals surface area contributed by atoms with E-state index < -0.39 is 0 Å². The molecule has 0 saturated carbocycles. The fraction of sp³-hybridized carbons (Fsp3) is 0.969. The Bertz CT molecular complexity index is 379. The van der Waals surface area contributed by atoms with Gasteiger partial charge in [0, 0.05) is 6.42 Å². The van der Waals surface area contributed by atoms with Crippen molar-refractivity contribution in [1.82, 2.24) is 0 Å². The zero-order valence-electron chi connectivity index (χ0n) is 23.8. The van der Waals surface area contributed by atoms with Gasteiger partial charge in [0.25, 0.3) is 0 Å². The van der Waals surface area contributed by atoms with E-state index >= 15 is 0 Å². The Morgan fingerprint density at radius 3 is 0.971 bits per heavy atom. The van der Waals surface area contributed by atoms with Crippen LogP contribution in [0.25, 0.3) is 0 Å². The second-order valence-electron chi connectivity index (χ2n) is 10.8. The van der Waals surface area contributed by atoms with Crippen molar-refractivity contribution in [2.24, 2.45) is 0 Å². The second kappa shape index (κ2) is 30.5. The number of hydrogen-bond donors (Lipinski definition) is 0. The van der Waals surface area contributed by atoms with Gasteiger partial charge < -0.3 is 4.74 Å². The van der Waals surface area contributed by atoms with Crippen LogP contribution < -0.4 is 0 Å². The van der Waals surface area contributed by atoms with Crippen LogP contribution in [-0.4, -0.2) is 12.6 Å². The highest BCUT2D eigenvalue weighted by Crippen LogP contribution is 2.15. The molecule has 0 aliphatic heterocycles. The van der Waals surface area contributed by atoms with E-state index in [-0.39, 0.29) is 5.97 Å². The largest absolute Gasteiger partial charge is 0.466 e. The summed E-state index contributed by atoms with van der Waals surface area (Å²) in [6, 6.07) is 0. The molecule has 0 aromatic rings. The first-order valence-electron chi connectivity index (χ1n) is 16.0. The predicted octanol–water partition coefficient (Wildman–Crippen LogP) is 11.5. The molecule has 0 bridgehead atoms. The van der Waals surface area contributed by atoms with Crippen molar-refractivity contribution in [3.63, 3.8) is 0 Å². The maximum Gasteiger partial charge on any atom is 0.305 e. The van der Waals surface area contributed by atoms with E-state index in [9.17, 15) is 4.79 Å². The van der Waals surface area contributed by atoms with Crippen molar-refractivity contribution in [1.29, 1.82) is 0 Å². The molecule has 0 amide bonds. The lowest BCUT2D eigenvalue weighted by Crippen LogP contribution is -2.05. The van der Waals surface area contributed by atoms with Crippen LogP contribution in [0.1, 0.15) is 194 Å². The van der Waals surface area contributed by atoms with Crippen LogP contribution >= 0.6 is 0 Å². The lowest BCUT2D eigenvalue weighted by atomic mass is 10.0. The zero-order chi connectivity index (χ0) is 24.8. The third-order valence-corrected chi connectivity index (χ3v) is 7.25. The SMILES string of the molecule is CCCCCCCCCCCCCCCCCCCCCCCCC(=O)OCCCCCCC. The molecule has 0 spiro atoms. The van der Waals surface area contributed by atoms with Gasteiger partial charge in [-0.15, -0.1) is 0 Å². The van der Waals surface area contributed by atoms with Gasteiger partial charge in [0.1, 0.15) is 0 Å². The highest BCUT2D eigenvalue weighted by Gasteiger charge is 2.02. The monoisotopic (exact) mass is 480 g/mol. The van der Waals surface area contributed by atoms with E-state index in [1.165, 1.54) is 161 Å². The van der Waals surface area contributed by atoms with Crippen molar-refractivity contribution in [3.05, 3.63) is 0 Å². The normalized spacial score (nSPS) is 11.2. The summed E-state index contributed by atoms with van der Waals surface area (Å²) in [5, 5.41) is 0. The molecule has 0 N–H and O–H groups in total. The summed E-state index contributed by atoms with van der Waals surface area (Å²) >= 11 is 0. The van der Waals surface area contributed by atoms with Crippen LogP contribution in [0.3, 0.4) is 0 Å². The van der Waals surface area contributed by atoms with Crippen LogP contribution in [0, 0.1) is 0 Å². The maximum atomic E-state index is 11.7.